The van der Waals surface area contributed by atoms with Crippen LogP contribution in [0.2, 0.25) is 0 Å². The first-order valence-electron chi connectivity index (χ1n) is 5.81. The van der Waals surface area contributed by atoms with Crippen LogP contribution in [-0.2, 0) is 6.54 Å². The second-order valence-corrected chi connectivity index (χ2v) is 3.97. The number of carbonyl (C=O) groups excluding carboxylic acids is 1. The predicted molar refractivity (Wildman–Crippen MR) is 69.3 cm³/mol. The molecule has 0 radical (unpaired) electrons. The minimum absolute atomic E-state index is 0.270. The van der Waals surface area contributed by atoms with Gasteiger partial charge in [0.2, 0.25) is 0 Å². The Morgan fingerprint density at radius 1 is 1.26 bits per heavy atom. The number of aromatic nitrogens is 4. The summed E-state index contributed by atoms with van der Waals surface area (Å²) in [5, 5.41) is 2.74. The summed E-state index contributed by atoms with van der Waals surface area (Å²) in [6.45, 7) is 0.323. The molecule has 0 aliphatic heterocycles. The van der Waals surface area contributed by atoms with Crippen LogP contribution >= 0.6 is 0 Å². The minimum atomic E-state index is -0.270. The van der Waals surface area contributed by atoms with Gasteiger partial charge in [0.1, 0.15) is 11.5 Å². The third kappa shape index (κ3) is 2.42. The van der Waals surface area contributed by atoms with Crippen LogP contribution in [0.15, 0.2) is 42.9 Å². The van der Waals surface area contributed by atoms with Crippen LogP contribution in [0.5, 0.6) is 0 Å². The largest absolute Gasteiger partial charge is 0.343 e. The summed E-state index contributed by atoms with van der Waals surface area (Å²) < 4.78 is 0. The van der Waals surface area contributed by atoms with Gasteiger partial charge in [-0.1, -0.05) is 12.1 Å². The van der Waals surface area contributed by atoms with Crippen LogP contribution in [0.3, 0.4) is 0 Å². The average Bonchev–Trinajstić information content (AvgIpc) is 2.88. The van der Waals surface area contributed by atoms with Gasteiger partial charge in [0.25, 0.3) is 5.91 Å². The first-order chi connectivity index (χ1) is 9.33. The Morgan fingerprint density at radius 3 is 2.95 bits per heavy atom. The van der Waals surface area contributed by atoms with E-state index in [1.807, 2.05) is 24.3 Å². The molecule has 0 spiro atoms. The molecule has 1 aromatic carbocycles. The van der Waals surface area contributed by atoms with E-state index >= 15 is 0 Å². The molecule has 0 unspecified atom stereocenters. The van der Waals surface area contributed by atoms with Gasteiger partial charge in [-0.25, -0.2) is 9.97 Å². The molecule has 6 heteroatoms. The van der Waals surface area contributed by atoms with Crippen molar-refractivity contribution in [3.05, 3.63) is 54.4 Å². The van der Waals surface area contributed by atoms with E-state index in [1.165, 1.54) is 18.6 Å². The Morgan fingerprint density at radius 2 is 2.16 bits per heavy atom. The standard InChI is InChI=1S/C13H11N5O/c19-13(11-7-14-5-6-15-11)16-8-12-17-9-3-1-2-4-10(9)18-12/h1-7H,8H2,(H,16,19)(H,17,18). The molecule has 0 fully saturated rings. The Balaban J connectivity index is 1.71. The maximum Gasteiger partial charge on any atom is 0.271 e. The van der Waals surface area contributed by atoms with Crippen LogP contribution in [-0.4, -0.2) is 25.8 Å². The van der Waals surface area contributed by atoms with Gasteiger partial charge < -0.3 is 10.3 Å². The summed E-state index contributed by atoms with van der Waals surface area (Å²) in [7, 11) is 0. The molecule has 0 saturated carbocycles. The number of H-pyrrole nitrogens is 1. The fraction of sp³-hybridized carbons (Fsp3) is 0.0769. The van der Waals surface area contributed by atoms with E-state index < -0.39 is 0 Å². The minimum Gasteiger partial charge on any atom is -0.343 e. The van der Waals surface area contributed by atoms with Crippen molar-refractivity contribution in [3.8, 4) is 0 Å². The second-order valence-electron chi connectivity index (χ2n) is 3.97. The van der Waals surface area contributed by atoms with Crippen molar-refractivity contribution >= 4 is 16.9 Å². The van der Waals surface area contributed by atoms with Gasteiger partial charge >= 0.3 is 0 Å². The van der Waals surface area contributed by atoms with Crippen LogP contribution < -0.4 is 5.32 Å². The number of hydrogen-bond donors (Lipinski definition) is 2. The maximum absolute atomic E-state index is 11.8. The third-order valence-corrected chi connectivity index (χ3v) is 2.65. The Labute approximate surface area is 108 Å². The van der Waals surface area contributed by atoms with Crippen LogP contribution in [0.1, 0.15) is 16.3 Å². The molecule has 94 valence electrons. The molecule has 19 heavy (non-hydrogen) atoms. The zero-order valence-electron chi connectivity index (χ0n) is 10.00. The highest BCUT2D eigenvalue weighted by atomic mass is 16.1. The number of benzene rings is 1. The van der Waals surface area contributed by atoms with Gasteiger partial charge in [0.15, 0.2) is 0 Å². The molecule has 0 aliphatic rings. The van der Waals surface area contributed by atoms with Crippen molar-refractivity contribution in [2.24, 2.45) is 0 Å². The lowest BCUT2D eigenvalue weighted by Gasteiger charge is -2.01. The molecule has 3 rings (SSSR count). The van der Waals surface area contributed by atoms with E-state index in [2.05, 4.69) is 25.3 Å². The predicted octanol–water partition coefficient (Wildman–Crippen LogP) is 1.28. The first-order valence-corrected chi connectivity index (χ1v) is 5.81. The monoisotopic (exact) mass is 253 g/mol. The lowest BCUT2D eigenvalue weighted by molar-refractivity contribution is 0.0944. The molecule has 6 nitrogen and oxygen atoms in total. The summed E-state index contributed by atoms with van der Waals surface area (Å²) in [5.74, 6) is 0.437. The van der Waals surface area contributed by atoms with Crippen LogP contribution in [0.4, 0.5) is 0 Å². The number of amides is 1. The Bertz CT molecular complexity index is 674. The van der Waals surface area contributed by atoms with Crippen molar-refractivity contribution in [3.63, 3.8) is 0 Å². The molecule has 2 aromatic heterocycles. The number of nitrogens with zero attached hydrogens (tertiary/aromatic N) is 3. The van der Waals surface area contributed by atoms with Crippen LogP contribution in [0, 0.1) is 0 Å². The third-order valence-electron chi connectivity index (χ3n) is 2.65. The zero-order valence-corrected chi connectivity index (χ0v) is 10.00. The number of nitrogens with one attached hydrogen (secondary N) is 2. The second kappa shape index (κ2) is 4.85. The number of hydrogen-bond acceptors (Lipinski definition) is 4. The van der Waals surface area contributed by atoms with E-state index in [1.54, 1.807) is 0 Å². The number of fused-ring (bicyclic) bond motifs is 1. The summed E-state index contributed by atoms with van der Waals surface area (Å²) in [5.41, 5.74) is 2.12. The fourth-order valence-electron chi connectivity index (χ4n) is 1.76. The summed E-state index contributed by atoms with van der Waals surface area (Å²) >= 11 is 0. The van der Waals surface area contributed by atoms with E-state index in [-0.39, 0.29) is 5.91 Å². The van der Waals surface area contributed by atoms with E-state index in [0.717, 1.165) is 11.0 Å². The number of imidazole rings is 1. The number of para-hydroxylation sites is 2. The highest BCUT2D eigenvalue weighted by molar-refractivity contribution is 5.91. The SMILES string of the molecule is O=C(NCc1nc2ccccc2[nH]1)c1cnccn1. The highest BCUT2D eigenvalue weighted by Gasteiger charge is 2.08. The number of carbonyl (C=O) groups is 1. The lowest BCUT2D eigenvalue weighted by atomic mass is 10.3. The van der Waals surface area contributed by atoms with Gasteiger partial charge in [-0.2, -0.15) is 0 Å². The van der Waals surface area contributed by atoms with Crippen molar-refractivity contribution in [2.75, 3.05) is 0 Å². The quantitative estimate of drug-likeness (QED) is 0.736. The smallest absolute Gasteiger partial charge is 0.271 e. The van der Waals surface area contributed by atoms with Gasteiger partial charge in [0.05, 0.1) is 23.8 Å². The summed E-state index contributed by atoms with van der Waals surface area (Å²) in [4.78, 5) is 27.1. The first kappa shape index (κ1) is 11.3. The van der Waals surface area contributed by atoms with Gasteiger partial charge in [-0.15, -0.1) is 0 Å². The molecule has 3 aromatic rings. The Hall–Kier alpha value is -2.76. The molecule has 0 aliphatic carbocycles. The number of aromatic amines is 1. The lowest BCUT2D eigenvalue weighted by Crippen LogP contribution is -2.24. The van der Waals surface area contributed by atoms with E-state index in [9.17, 15) is 4.79 Å². The molecule has 2 heterocycles. The van der Waals surface area contributed by atoms with Gasteiger partial charge in [-0.05, 0) is 12.1 Å². The fourth-order valence-corrected chi connectivity index (χ4v) is 1.76. The summed E-state index contributed by atoms with van der Waals surface area (Å²) in [6.07, 6.45) is 4.43. The maximum atomic E-state index is 11.8. The molecular formula is C13H11N5O. The molecule has 0 atom stereocenters. The normalized spacial score (nSPS) is 10.5. The van der Waals surface area contributed by atoms with Crippen molar-refractivity contribution in [1.29, 1.82) is 0 Å². The zero-order chi connectivity index (χ0) is 13.1. The van der Waals surface area contributed by atoms with E-state index in [0.29, 0.717) is 18.1 Å². The molecule has 1 amide bonds. The van der Waals surface area contributed by atoms with Crippen molar-refractivity contribution in [1.82, 2.24) is 25.3 Å². The molecule has 2 N–H and O–H groups in total. The summed E-state index contributed by atoms with van der Waals surface area (Å²) in [6, 6.07) is 7.71. The van der Waals surface area contributed by atoms with Gasteiger partial charge in [0, 0.05) is 12.4 Å². The molecule has 0 bridgehead atoms. The topological polar surface area (TPSA) is 83.6 Å². The average molecular weight is 253 g/mol. The highest BCUT2D eigenvalue weighted by Crippen LogP contribution is 2.09. The molecule has 0 saturated heterocycles. The van der Waals surface area contributed by atoms with Crippen molar-refractivity contribution < 1.29 is 4.79 Å². The van der Waals surface area contributed by atoms with Gasteiger partial charge in [-0.3, -0.25) is 9.78 Å². The molecular weight excluding hydrogens is 242 g/mol. The number of rotatable bonds is 3. The van der Waals surface area contributed by atoms with Crippen molar-refractivity contribution in [2.45, 2.75) is 6.54 Å². The van der Waals surface area contributed by atoms with Crippen LogP contribution in [0.25, 0.3) is 11.0 Å². The Kier molecular flexibility index (Phi) is 2.89. The van der Waals surface area contributed by atoms with E-state index in [4.69, 9.17) is 0 Å².